The smallest absolute Gasteiger partial charge is 0.215 e. The summed E-state index contributed by atoms with van der Waals surface area (Å²) in [5.74, 6) is -0.206. The molecule has 0 amide bonds. The second-order valence-corrected chi connectivity index (χ2v) is 11.7. The highest BCUT2D eigenvalue weighted by atomic mass is 31.1. The van der Waals surface area contributed by atoms with Gasteiger partial charge in [0.2, 0.25) is 5.34 Å². The molecule has 1 N–H and O–H groups in total. The van der Waals surface area contributed by atoms with Crippen molar-refractivity contribution in [1.29, 1.82) is 0 Å². The maximum atomic E-state index is 14.2. The molecule has 5 heteroatoms. The number of rotatable bonds is 3. The first-order valence-electron chi connectivity index (χ1n) is 12.3. The average molecular weight is 504 g/mol. The molecule has 37 heavy (non-hydrogen) atoms. The number of aryl methyl sites for hydroxylation is 3. The minimum absolute atomic E-state index is 0.0212. The van der Waals surface area contributed by atoms with Crippen molar-refractivity contribution < 1.29 is 14.7 Å². The molecule has 2 atom stereocenters. The van der Waals surface area contributed by atoms with Gasteiger partial charge in [0.25, 0.3) is 0 Å². The zero-order valence-electron chi connectivity index (χ0n) is 20.9. The van der Waals surface area contributed by atoms with Crippen LogP contribution in [-0.2, 0) is 10.2 Å². The van der Waals surface area contributed by atoms with E-state index in [2.05, 4.69) is 32.9 Å². The third kappa shape index (κ3) is 3.48. The Labute approximate surface area is 217 Å². The SMILES string of the molecule is Cc1cc(C)c(C2=NOC3(c4ccccc4)c4ccccc4C(=O)/C(=C(/O)c4ccccc4)P23)c(C)c1. The number of hydrogen-bond donors (Lipinski definition) is 1. The molecular formula is C32H26NO3P. The summed E-state index contributed by atoms with van der Waals surface area (Å²) in [5, 5.41) is 15.8. The van der Waals surface area contributed by atoms with Crippen LogP contribution < -0.4 is 0 Å². The third-order valence-electron chi connectivity index (χ3n) is 7.10. The van der Waals surface area contributed by atoms with Gasteiger partial charge in [0.1, 0.15) is 11.2 Å². The van der Waals surface area contributed by atoms with Crippen LogP contribution in [0.4, 0.5) is 0 Å². The lowest BCUT2D eigenvalue weighted by atomic mass is 9.92. The predicted octanol–water partition coefficient (Wildman–Crippen LogP) is 7.81. The number of Topliss-reactive ketones (excluding diaryl/α,β-unsaturated/α-hetero) is 1. The van der Waals surface area contributed by atoms with E-state index in [-0.39, 0.29) is 11.5 Å². The average Bonchev–Trinajstić information content (AvgIpc) is 3.30. The number of allylic oxidation sites excluding steroid dienone is 1. The van der Waals surface area contributed by atoms with E-state index in [1.807, 2.05) is 84.9 Å². The van der Waals surface area contributed by atoms with E-state index in [4.69, 9.17) is 9.99 Å². The minimum Gasteiger partial charge on any atom is -0.506 e. The highest BCUT2D eigenvalue weighted by Gasteiger charge is 2.60. The first-order valence-corrected chi connectivity index (χ1v) is 13.6. The number of benzene rings is 4. The topological polar surface area (TPSA) is 58.9 Å². The lowest BCUT2D eigenvalue weighted by Crippen LogP contribution is -2.34. The molecule has 0 saturated carbocycles. The highest BCUT2D eigenvalue weighted by molar-refractivity contribution is 7.82. The van der Waals surface area contributed by atoms with E-state index < -0.39 is 13.3 Å². The quantitative estimate of drug-likeness (QED) is 0.176. The van der Waals surface area contributed by atoms with Gasteiger partial charge in [0, 0.05) is 35.7 Å². The third-order valence-corrected chi connectivity index (χ3v) is 9.91. The molecule has 0 radical (unpaired) electrons. The lowest BCUT2D eigenvalue weighted by Gasteiger charge is -2.40. The number of hydrogen-bond acceptors (Lipinski definition) is 4. The van der Waals surface area contributed by atoms with E-state index in [1.165, 1.54) is 0 Å². The van der Waals surface area contributed by atoms with Gasteiger partial charge in [0.15, 0.2) is 5.78 Å². The van der Waals surface area contributed by atoms with Crippen molar-refractivity contribution >= 4 is 24.9 Å². The van der Waals surface area contributed by atoms with Crippen molar-refractivity contribution in [3.8, 4) is 0 Å². The van der Waals surface area contributed by atoms with Crippen LogP contribution in [0.5, 0.6) is 0 Å². The zero-order valence-corrected chi connectivity index (χ0v) is 21.8. The first kappa shape index (κ1) is 23.4. The van der Waals surface area contributed by atoms with E-state index in [1.54, 1.807) is 0 Å². The monoisotopic (exact) mass is 503 g/mol. The molecule has 4 aromatic rings. The Balaban J connectivity index is 1.73. The second-order valence-electron chi connectivity index (χ2n) is 9.56. The van der Waals surface area contributed by atoms with Gasteiger partial charge in [-0.15, -0.1) is 0 Å². The summed E-state index contributed by atoms with van der Waals surface area (Å²) in [7, 11) is -1.61. The summed E-state index contributed by atoms with van der Waals surface area (Å²) in [6.07, 6.45) is 0. The largest absolute Gasteiger partial charge is 0.506 e. The number of ketones is 1. The molecule has 0 aromatic heterocycles. The number of oxime groups is 1. The van der Waals surface area contributed by atoms with Gasteiger partial charge >= 0.3 is 0 Å². The van der Waals surface area contributed by atoms with Crippen LogP contribution in [0.1, 0.15) is 49.3 Å². The van der Waals surface area contributed by atoms with Crippen molar-refractivity contribution in [3.63, 3.8) is 0 Å². The van der Waals surface area contributed by atoms with Crippen LogP contribution in [0.2, 0.25) is 0 Å². The summed E-state index contributed by atoms with van der Waals surface area (Å²) in [6.45, 7) is 6.20. The Morgan fingerprint density at radius 3 is 2.11 bits per heavy atom. The van der Waals surface area contributed by atoms with Gasteiger partial charge < -0.3 is 9.94 Å². The molecular weight excluding hydrogens is 477 g/mol. The number of aliphatic hydroxyl groups excluding tert-OH is 1. The van der Waals surface area contributed by atoms with E-state index in [9.17, 15) is 9.90 Å². The molecule has 2 heterocycles. The van der Waals surface area contributed by atoms with Crippen LogP contribution >= 0.6 is 7.92 Å². The minimum atomic E-state index is -1.61. The number of aliphatic hydroxyl groups is 1. The van der Waals surface area contributed by atoms with Gasteiger partial charge in [0.05, 0.1) is 5.31 Å². The van der Waals surface area contributed by atoms with Gasteiger partial charge in [-0.25, -0.2) is 0 Å². The van der Waals surface area contributed by atoms with Crippen molar-refractivity contribution in [2.75, 3.05) is 0 Å². The number of carbonyl (C=O) groups is 1. The summed E-state index contributed by atoms with van der Waals surface area (Å²) in [4.78, 5) is 20.8. The molecule has 2 aliphatic heterocycles. The molecule has 0 aliphatic carbocycles. The summed E-state index contributed by atoms with van der Waals surface area (Å²) in [5.41, 5.74) is 7.79. The molecule has 0 fully saturated rings. The Kier molecular flexibility index (Phi) is 5.58. The van der Waals surface area contributed by atoms with Crippen molar-refractivity contribution in [2.24, 2.45) is 5.16 Å². The van der Waals surface area contributed by atoms with Crippen molar-refractivity contribution in [1.82, 2.24) is 0 Å². The number of carbonyl (C=O) groups excluding carboxylic acids is 1. The lowest BCUT2D eigenvalue weighted by molar-refractivity contribution is 0.0605. The Morgan fingerprint density at radius 2 is 1.43 bits per heavy atom. The highest BCUT2D eigenvalue weighted by Crippen LogP contribution is 2.74. The summed E-state index contributed by atoms with van der Waals surface area (Å²) < 4.78 is 0. The fourth-order valence-electron chi connectivity index (χ4n) is 5.62. The molecule has 2 aliphatic rings. The maximum Gasteiger partial charge on any atom is 0.215 e. The Morgan fingerprint density at radius 1 is 0.838 bits per heavy atom. The van der Waals surface area contributed by atoms with Crippen LogP contribution in [0.3, 0.4) is 0 Å². The normalized spacial score (nSPS) is 21.5. The maximum absolute atomic E-state index is 14.2. The van der Waals surface area contributed by atoms with Crippen LogP contribution in [0, 0.1) is 20.8 Å². The molecule has 4 nitrogen and oxygen atoms in total. The van der Waals surface area contributed by atoms with Crippen molar-refractivity contribution in [2.45, 2.75) is 26.1 Å². The van der Waals surface area contributed by atoms with E-state index in [0.717, 1.165) is 33.4 Å². The molecule has 0 bridgehead atoms. The standard InChI is InChI=1S/C32H26NO3P/c1-20-18-21(2)27(22(3)19-20)31-33-36-32(24-14-8-5-9-15-24)26-17-11-10-16-25(26)29(35)30(37(31)32)28(34)23-12-6-4-7-13-23/h4-19,34H,1-3H3/b30-28-. The second kappa shape index (κ2) is 8.83. The van der Waals surface area contributed by atoms with Gasteiger partial charge in [-0.05, 0) is 31.9 Å². The molecule has 2 unspecified atom stereocenters. The van der Waals surface area contributed by atoms with Gasteiger partial charge in [-0.2, -0.15) is 0 Å². The summed E-state index contributed by atoms with van der Waals surface area (Å²) in [6, 6.07) is 31.0. The van der Waals surface area contributed by atoms with Crippen LogP contribution in [0.15, 0.2) is 108 Å². The Bertz CT molecular complexity index is 1580. The Hall–Kier alpha value is -4.01. The molecule has 6 rings (SSSR count). The fraction of sp³-hybridized carbons (Fsp3) is 0.125. The van der Waals surface area contributed by atoms with Crippen LogP contribution in [-0.4, -0.2) is 16.3 Å². The molecule has 182 valence electrons. The predicted molar refractivity (Wildman–Crippen MR) is 149 cm³/mol. The zero-order chi connectivity index (χ0) is 25.7. The molecule has 0 spiro atoms. The number of nitrogens with zero attached hydrogens (tertiary/aromatic N) is 1. The fourth-order valence-corrected chi connectivity index (χ4v) is 8.77. The van der Waals surface area contributed by atoms with Crippen molar-refractivity contribution in [3.05, 3.63) is 147 Å². The van der Waals surface area contributed by atoms with E-state index >= 15 is 0 Å². The van der Waals surface area contributed by atoms with Crippen LogP contribution in [0.25, 0.3) is 5.76 Å². The van der Waals surface area contributed by atoms with Gasteiger partial charge in [-0.1, -0.05) is 108 Å². The first-order chi connectivity index (χ1) is 17.9. The number of fused-ring (bicyclic) bond motifs is 3. The molecule has 4 aromatic carbocycles. The summed E-state index contributed by atoms with van der Waals surface area (Å²) >= 11 is 0. The van der Waals surface area contributed by atoms with Gasteiger partial charge in [-0.3, -0.25) is 4.79 Å². The van der Waals surface area contributed by atoms with E-state index in [0.29, 0.717) is 21.9 Å². The molecule has 0 saturated heterocycles.